The van der Waals surface area contributed by atoms with Gasteiger partial charge in [0, 0.05) is 5.69 Å². The Morgan fingerprint density at radius 2 is 1.62 bits per heavy atom. The number of sulfonamides is 1. The summed E-state index contributed by atoms with van der Waals surface area (Å²) >= 11 is 5.97. The first-order valence-corrected chi connectivity index (χ1v) is 10.3. The molecule has 3 rings (SSSR count). The fourth-order valence-electron chi connectivity index (χ4n) is 2.34. The van der Waals surface area contributed by atoms with Crippen LogP contribution in [-0.4, -0.2) is 20.9 Å². The third kappa shape index (κ3) is 5.69. The first-order valence-electron chi connectivity index (χ1n) is 8.39. The van der Waals surface area contributed by atoms with Gasteiger partial charge in [-0.25, -0.2) is 12.8 Å². The maximum Gasteiger partial charge on any atom is 0.262 e. The van der Waals surface area contributed by atoms with Crippen molar-refractivity contribution in [1.29, 1.82) is 0 Å². The molecule has 0 saturated carbocycles. The van der Waals surface area contributed by atoms with Gasteiger partial charge in [-0.05, 0) is 60.7 Å². The van der Waals surface area contributed by atoms with Crippen molar-refractivity contribution in [3.63, 3.8) is 0 Å². The van der Waals surface area contributed by atoms with Gasteiger partial charge in [-0.15, -0.1) is 0 Å². The molecule has 0 heterocycles. The van der Waals surface area contributed by atoms with E-state index in [1.54, 1.807) is 24.3 Å². The predicted molar refractivity (Wildman–Crippen MR) is 109 cm³/mol. The summed E-state index contributed by atoms with van der Waals surface area (Å²) in [6.07, 6.45) is 0. The smallest absolute Gasteiger partial charge is 0.262 e. The SMILES string of the molecule is O=C(COc1ccc(S(=O)(=O)Nc2ccc(F)cc2)cc1)Nc1ccccc1Cl. The lowest BCUT2D eigenvalue weighted by atomic mass is 10.3. The zero-order valence-corrected chi connectivity index (χ0v) is 16.5. The second-order valence-electron chi connectivity index (χ2n) is 5.90. The number of anilines is 2. The number of para-hydroxylation sites is 1. The molecule has 3 aromatic carbocycles. The number of benzene rings is 3. The molecule has 0 aliphatic carbocycles. The number of hydrogen-bond donors (Lipinski definition) is 2. The fraction of sp³-hybridized carbons (Fsp3) is 0.0500. The van der Waals surface area contributed by atoms with E-state index >= 15 is 0 Å². The molecule has 9 heteroatoms. The van der Waals surface area contributed by atoms with Gasteiger partial charge in [0.15, 0.2) is 6.61 Å². The zero-order chi connectivity index (χ0) is 20.9. The maximum absolute atomic E-state index is 12.9. The van der Waals surface area contributed by atoms with Crippen LogP contribution in [-0.2, 0) is 14.8 Å². The third-order valence-corrected chi connectivity index (χ3v) is 5.48. The average molecular weight is 435 g/mol. The highest BCUT2D eigenvalue weighted by molar-refractivity contribution is 7.92. The minimum atomic E-state index is -3.84. The summed E-state index contributed by atoms with van der Waals surface area (Å²) in [6, 6.07) is 17.3. The van der Waals surface area contributed by atoms with Crippen molar-refractivity contribution in [2.24, 2.45) is 0 Å². The van der Waals surface area contributed by atoms with Crippen LogP contribution in [0.1, 0.15) is 0 Å². The van der Waals surface area contributed by atoms with Crippen molar-refractivity contribution in [2.75, 3.05) is 16.6 Å². The van der Waals surface area contributed by atoms with E-state index in [0.29, 0.717) is 16.5 Å². The molecule has 0 aliphatic rings. The van der Waals surface area contributed by atoms with Crippen molar-refractivity contribution < 1.29 is 22.3 Å². The van der Waals surface area contributed by atoms with Gasteiger partial charge in [0.1, 0.15) is 11.6 Å². The molecule has 2 N–H and O–H groups in total. The van der Waals surface area contributed by atoms with Crippen molar-refractivity contribution in [2.45, 2.75) is 4.90 Å². The van der Waals surface area contributed by atoms with Gasteiger partial charge in [-0.2, -0.15) is 0 Å². The minimum Gasteiger partial charge on any atom is -0.484 e. The molecular weight excluding hydrogens is 419 g/mol. The number of halogens is 2. The van der Waals surface area contributed by atoms with E-state index in [9.17, 15) is 17.6 Å². The number of amides is 1. The van der Waals surface area contributed by atoms with Crippen LogP contribution in [0.2, 0.25) is 5.02 Å². The van der Waals surface area contributed by atoms with Gasteiger partial charge in [0.05, 0.1) is 15.6 Å². The topological polar surface area (TPSA) is 84.5 Å². The van der Waals surface area contributed by atoms with E-state index < -0.39 is 21.7 Å². The summed E-state index contributed by atoms with van der Waals surface area (Å²) in [4.78, 5) is 12.0. The quantitative estimate of drug-likeness (QED) is 0.580. The van der Waals surface area contributed by atoms with Crippen LogP contribution in [0.15, 0.2) is 77.7 Å². The van der Waals surface area contributed by atoms with Crippen molar-refractivity contribution >= 4 is 38.9 Å². The molecule has 3 aromatic rings. The zero-order valence-electron chi connectivity index (χ0n) is 14.9. The van der Waals surface area contributed by atoms with Crippen LogP contribution in [0.5, 0.6) is 5.75 Å². The third-order valence-electron chi connectivity index (χ3n) is 3.75. The highest BCUT2D eigenvalue weighted by atomic mass is 35.5. The number of hydrogen-bond acceptors (Lipinski definition) is 4. The first-order chi connectivity index (χ1) is 13.8. The van der Waals surface area contributed by atoms with E-state index in [1.165, 1.54) is 36.4 Å². The Hall–Kier alpha value is -3.10. The fourth-order valence-corrected chi connectivity index (χ4v) is 3.59. The van der Waals surface area contributed by atoms with E-state index in [-0.39, 0.29) is 17.2 Å². The lowest BCUT2D eigenvalue weighted by Crippen LogP contribution is -2.20. The van der Waals surface area contributed by atoms with Crippen LogP contribution in [0.3, 0.4) is 0 Å². The summed E-state index contributed by atoms with van der Waals surface area (Å²) in [5.41, 5.74) is 0.707. The van der Waals surface area contributed by atoms with Gasteiger partial charge < -0.3 is 10.1 Å². The van der Waals surface area contributed by atoms with Crippen LogP contribution in [0.4, 0.5) is 15.8 Å². The second kappa shape index (κ2) is 8.93. The van der Waals surface area contributed by atoms with Crippen molar-refractivity contribution in [3.05, 3.63) is 83.6 Å². The summed E-state index contributed by atoms with van der Waals surface area (Å²) in [5.74, 6) is -0.555. The standard InChI is InChI=1S/C20H16ClFN2O4S/c21-18-3-1-2-4-19(18)23-20(25)13-28-16-9-11-17(12-10-16)29(26,27)24-15-7-5-14(22)6-8-15/h1-12,24H,13H2,(H,23,25). The minimum absolute atomic E-state index is 0.00491. The molecule has 0 saturated heterocycles. The van der Waals surface area contributed by atoms with Crippen LogP contribution in [0, 0.1) is 5.82 Å². The van der Waals surface area contributed by atoms with Gasteiger partial charge in [0.25, 0.3) is 15.9 Å². The molecule has 29 heavy (non-hydrogen) atoms. The molecule has 0 atom stereocenters. The number of carbonyl (C=O) groups is 1. The molecule has 0 unspecified atom stereocenters. The first kappa shape index (κ1) is 20.6. The highest BCUT2D eigenvalue weighted by Crippen LogP contribution is 2.21. The highest BCUT2D eigenvalue weighted by Gasteiger charge is 2.14. The lowest BCUT2D eigenvalue weighted by Gasteiger charge is -2.10. The van der Waals surface area contributed by atoms with E-state index in [2.05, 4.69) is 10.0 Å². The summed E-state index contributed by atoms with van der Waals surface area (Å²) in [6.45, 7) is -0.273. The Morgan fingerprint density at radius 1 is 0.966 bits per heavy atom. The van der Waals surface area contributed by atoms with Crippen LogP contribution in [0.25, 0.3) is 0 Å². The summed E-state index contributed by atoms with van der Waals surface area (Å²) in [5, 5.41) is 3.03. The van der Waals surface area contributed by atoms with Gasteiger partial charge >= 0.3 is 0 Å². The van der Waals surface area contributed by atoms with E-state index in [1.807, 2.05) is 0 Å². The number of carbonyl (C=O) groups excluding carboxylic acids is 1. The molecular formula is C20H16ClFN2O4S. The lowest BCUT2D eigenvalue weighted by molar-refractivity contribution is -0.118. The Labute approximate surface area is 172 Å². The van der Waals surface area contributed by atoms with Crippen molar-refractivity contribution in [1.82, 2.24) is 0 Å². The normalized spacial score (nSPS) is 11.0. The summed E-state index contributed by atoms with van der Waals surface area (Å²) < 4.78 is 45.4. The largest absolute Gasteiger partial charge is 0.484 e. The molecule has 6 nitrogen and oxygen atoms in total. The molecule has 0 aromatic heterocycles. The monoisotopic (exact) mass is 434 g/mol. The molecule has 0 spiro atoms. The number of ether oxygens (including phenoxy) is 1. The summed E-state index contributed by atoms with van der Waals surface area (Å²) in [7, 11) is -3.84. The maximum atomic E-state index is 12.9. The van der Waals surface area contributed by atoms with Gasteiger partial charge in [0.2, 0.25) is 0 Å². The predicted octanol–water partition coefficient (Wildman–Crippen LogP) is 4.30. The molecule has 1 amide bonds. The van der Waals surface area contributed by atoms with E-state index in [0.717, 1.165) is 12.1 Å². The van der Waals surface area contributed by atoms with Gasteiger partial charge in [-0.3, -0.25) is 9.52 Å². The Morgan fingerprint density at radius 3 is 2.28 bits per heavy atom. The Balaban J connectivity index is 1.58. The second-order valence-corrected chi connectivity index (χ2v) is 7.99. The Kier molecular flexibility index (Phi) is 6.36. The Bertz CT molecular complexity index is 1100. The molecule has 0 aliphatic heterocycles. The van der Waals surface area contributed by atoms with E-state index in [4.69, 9.17) is 16.3 Å². The number of nitrogens with one attached hydrogen (secondary N) is 2. The molecule has 0 radical (unpaired) electrons. The molecule has 0 bridgehead atoms. The number of rotatable bonds is 7. The average Bonchev–Trinajstić information content (AvgIpc) is 2.70. The van der Waals surface area contributed by atoms with Gasteiger partial charge in [-0.1, -0.05) is 23.7 Å². The van der Waals surface area contributed by atoms with Crippen molar-refractivity contribution in [3.8, 4) is 5.75 Å². The van der Waals surface area contributed by atoms with Crippen LogP contribution < -0.4 is 14.8 Å². The molecule has 0 fully saturated rings. The van der Waals surface area contributed by atoms with Crippen LogP contribution >= 0.6 is 11.6 Å². The molecule has 150 valence electrons.